The molecule has 0 saturated heterocycles. The van der Waals surface area contributed by atoms with Crippen LogP contribution in [0.25, 0.3) is 11.3 Å². The summed E-state index contributed by atoms with van der Waals surface area (Å²) in [7, 11) is 1.51. The molecule has 124 valence electrons. The molecule has 2 N–H and O–H groups in total. The monoisotopic (exact) mass is 346 g/mol. The Morgan fingerprint density at radius 1 is 1.33 bits per heavy atom. The standard InChI is InChI=1S/C14H14N6O3S/c1-3-20-6-8(4-16-20)10-7-24-14(17-10)18-12(21)11-9(13(22)23)5-15-19(11)2/h4-7H,3H2,1-2H3,(H,22,23)(H,17,18,21). The number of aromatic carboxylic acids is 1. The normalized spacial score (nSPS) is 10.8. The number of hydrogen-bond acceptors (Lipinski definition) is 6. The number of hydrogen-bond donors (Lipinski definition) is 2. The molecule has 0 aliphatic carbocycles. The van der Waals surface area contributed by atoms with Crippen LogP contribution in [-0.4, -0.2) is 41.5 Å². The summed E-state index contributed by atoms with van der Waals surface area (Å²) in [6, 6.07) is 0. The number of carboxylic acid groups (broad SMARTS) is 1. The van der Waals surface area contributed by atoms with Crippen molar-refractivity contribution < 1.29 is 14.7 Å². The molecule has 3 aromatic heterocycles. The molecule has 1 amide bonds. The summed E-state index contributed by atoms with van der Waals surface area (Å²) in [5.74, 6) is -1.78. The molecule has 3 rings (SSSR count). The number of thiazole rings is 1. The highest BCUT2D eigenvalue weighted by Crippen LogP contribution is 2.25. The van der Waals surface area contributed by atoms with Gasteiger partial charge in [-0.2, -0.15) is 10.2 Å². The minimum absolute atomic E-state index is 0.0296. The van der Waals surface area contributed by atoms with Crippen LogP contribution in [0, 0.1) is 0 Å². The number of anilines is 1. The first-order valence-electron chi connectivity index (χ1n) is 7.04. The number of nitrogens with one attached hydrogen (secondary N) is 1. The number of carbonyl (C=O) groups excluding carboxylic acids is 1. The summed E-state index contributed by atoms with van der Waals surface area (Å²) in [6.07, 6.45) is 4.71. The fourth-order valence-corrected chi connectivity index (χ4v) is 2.87. The second-order valence-corrected chi connectivity index (χ2v) is 5.77. The lowest BCUT2D eigenvalue weighted by Gasteiger charge is -2.03. The Morgan fingerprint density at radius 2 is 2.12 bits per heavy atom. The topological polar surface area (TPSA) is 115 Å². The van der Waals surface area contributed by atoms with Gasteiger partial charge in [-0.25, -0.2) is 9.78 Å². The number of carboxylic acids is 1. The number of amides is 1. The van der Waals surface area contributed by atoms with E-state index in [0.29, 0.717) is 10.8 Å². The molecule has 24 heavy (non-hydrogen) atoms. The third kappa shape index (κ3) is 2.91. The van der Waals surface area contributed by atoms with Crippen LogP contribution >= 0.6 is 11.3 Å². The molecular weight excluding hydrogens is 332 g/mol. The van der Waals surface area contributed by atoms with E-state index in [0.717, 1.165) is 18.3 Å². The Kier molecular flexibility index (Phi) is 4.13. The molecule has 3 aromatic rings. The highest BCUT2D eigenvalue weighted by molar-refractivity contribution is 7.14. The van der Waals surface area contributed by atoms with Gasteiger partial charge in [0, 0.05) is 30.7 Å². The van der Waals surface area contributed by atoms with Crippen LogP contribution in [0.2, 0.25) is 0 Å². The summed E-state index contributed by atoms with van der Waals surface area (Å²) in [6.45, 7) is 2.74. The minimum atomic E-state index is -1.21. The van der Waals surface area contributed by atoms with Gasteiger partial charge in [-0.3, -0.25) is 19.5 Å². The maximum atomic E-state index is 12.3. The summed E-state index contributed by atoms with van der Waals surface area (Å²) >= 11 is 1.25. The van der Waals surface area contributed by atoms with Gasteiger partial charge in [0.05, 0.1) is 18.1 Å². The molecule has 0 atom stereocenters. The maximum absolute atomic E-state index is 12.3. The van der Waals surface area contributed by atoms with Crippen LogP contribution in [-0.2, 0) is 13.6 Å². The van der Waals surface area contributed by atoms with Crippen molar-refractivity contribution in [3.8, 4) is 11.3 Å². The Labute approximate surface area is 140 Å². The second kappa shape index (κ2) is 6.24. The lowest BCUT2D eigenvalue weighted by molar-refractivity contribution is 0.0692. The van der Waals surface area contributed by atoms with Crippen molar-refractivity contribution in [1.82, 2.24) is 24.5 Å². The summed E-state index contributed by atoms with van der Waals surface area (Å²) < 4.78 is 3.00. The van der Waals surface area contributed by atoms with E-state index in [1.165, 1.54) is 23.1 Å². The Bertz CT molecular complexity index is 909. The van der Waals surface area contributed by atoms with Gasteiger partial charge >= 0.3 is 5.97 Å². The Balaban J connectivity index is 1.81. The number of rotatable bonds is 5. The van der Waals surface area contributed by atoms with E-state index in [4.69, 9.17) is 5.11 Å². The van der Waals surface area contributed by atoms with Crippen molar-refractivity contribution in [2.45, 2.75) is 13.5 Å². The first kappa shape index (κ1) is 15.9. The smallest absolute Gasteiger partial charge is 0.339 e. The van der Waals surface area contributed by atoms with Gasteiger partial charge in [-0.1, -0.05) is 0 Å². The highest BCUT2D eigenvalue weighted by Gasteiger charge is 2.22. The van der Waals surface area contributed by atoms with E-state index in [9.17, 15) is 9.59 Å². The zero-order chi connectivity index (χ0) is 17.3. The maximum Gasteiger partial charge on any atom is 0.339 e. The molecule has 0 unspecified atom stereocenters. The fourth-order valence-electron chi connectivity index (χ4n) is 2.15. The quantitative estimate of drug-likeness (QED) is 0.727. The second-order valence-electron chi connectivity index (χ2n) is 4.91. The first-order valence-corrected chi connectivity index (χ1v) is 7.92. The SMILES string of the molecule is CCn1cc(-c2csc(NC(=O)c3c(C(=O)O)cnn3C)n2)cn1. The van der Waals surface area contributed by atoms with Crippen molar-refractivity contribution in [1.29, 1.82) is 0 Å². The third-order valence-corrected chi connectivity index (χ3v) is 4.12. The van der Waals surface area contributed by atoms with Crippen LogP contribution in [0.5, 0.6) is 0 Å². The van der Waals surface area contributed by atoms with Crippen LogP contribution < -0.4 is 5.32 Å². The van der Waals surface area contributed by atoms with Gasteiger partial charge in [-0.05, 0) is 6.92 Å². The zero-order valence-electron chi connectivity index (χ0n) is 12.9. The van der Waals surface area contributed by atoms with E-state index < -0.39 is 11.9 Å². The highest BCUT2D eigenvalue weighted by atomic mass is 32.1. The molecule has 3 heterocycles. The summed E-state index contributed by atoms with van der Waals surface area (Å²) in [4.78, 5) is 27.8. The van der Waals surface area contributed by atoms with Gasteiger partial charge in [0.25, 0.3) is 5.91 Å². The van der Waals surface area contributed by atoms with Crippen LogP contribution in [0.15, 0.2) is 24.0 Å². The molecule has 0 aliphatic heterocycles. The van der Waals surface area contributed by atoms with Gasteiger partial charge in [0.1, 0.15) is 11.3 Å². The zero-order valence-corrected chi connectivity index (χ0v) is 13.7. The van der Waals surface area contributed by atoms with Crippen molar-refractivity contribution in [2.75, 3.05) is 5.32 Å². The Hall–Kier alpha value is -3.01. The minimum Gasteiger partial charge on any atom is -0.478 e. The van der Waals surface area contributed by atoms with Gasteiger partial charge in [-0.15, -0.1) is 11.3 Å². The van der Waals surface area contributed by atoms with E-state index in [1.54, 1.807) is 16.3 Å². The Morgan fingerprint density at radius 3 is 2.79 bits per heavy atom. The van der Waals surface area contributed by atoms with E-state index >= 15 is 0 Å². The summed E-state index contributed by atoms with van der Waals surface area (Å²) in [5, 5.41) is 21.9. The molecule has 0 saturated carbocycles. The van der Waals surface area contributed by atoms with E-state index in [1.807, 2.05) is 13.1 Å². The molecule has 0 radical (unpaired) electrons. The van der Waals surface area contributed by atoms with Crippen LogP contribution in [0.4, 0.5) is 5.13 Å². The number of nitrogens with zero attached hydrogens (tertiary/aromatic N) is 5. The largest absolute Gasteiger partial charge is 0.478 e. The lowest BCUT2D eigenvalue weighted by Crippen LogP contribution is -2.19. The van der Waals surface area contributed by atoms with Crippen LogP contribution in [0.1, 0.15) is 27.8 Å². The molecular formula is C14H14N6O3S. The van der Waals surface area contributed by atoms with Crippen molar-refractivity contribution in [3.05, 3.63) is 35.2 Å². The fraction of sp³-hybridized carbons (Fsp3) is 0.214. The average molecular weight is 346 g/mol. The predicted molar refractivity (Wildman–Crippen MR) is 87.1 cm³/mol. The average Bonchev–Trinajstić information content (AvgIpc) is 3.25. The molecule has 0 bridgehead atoms. The van der Waals surface area contributed by atoms with E-state index in [2.05, 4.69) is 20.5 Å². The van der Waals surface area contributed by atoms with Gasteiger partial charge in [0.15, 0.2) is 5.13 Å². The predicted octanol–water partition coefficient (Wildman–Crippen LogP) is 1.71. The molecule has 0 spiro atoms. The van der Waals surface area contributed by atoms with Crippen molar-refractivity contribution in [3.63, 3.8) is 0 Å². The molecule has 0 fully saturated rings. The number of aryl methyl sites for hydroxylation is 2. The van der Waals surface area contributed by atoms with Crippen LogP contribution in [0.3, 0.4) is 0 Å². The third-order valence-electron chi connectivity index (χ3n) is 3.36. The van der Waals surface area contributed by atoms with Gasteiger partial charge < -0.3 is 5.11 Å². The van der Waals surface area contributed by atoms with Gasteiger partial charge in [0.2, 0.25) is 0 Å². The molecule has 9 nitrogen and oxygen atoms in total. The summed E-state index contributed by atoms with van der Waals surface area (Å²) in [5.41, 5.74) is 1.35. The first-order chi connectivity index (χ1) is 11.5. The molecule has 10 heteroatoms. The molecule has 0 aliphatic rings. The lowest BCUT2D eigenvalue weighted by atomic mass is 10.2. The van der Waals surface area contributed by atoms with Crippen molar-refractivity contribution >= 4 is 28.3 Å². The van der Waals surface area contributed by atoms with Crippen molar-refractivity contribution in [2.24, 2.45) is 7.05 Å². The number of aromatic nitrogens is 5. The van der Waals surface area contributed by atoms with E-state index in [-0.39, 0.29) is 11.3 Å². The number of carbonyl (C=O) groups is 2. The molecule has 0 aromatic carbocycles.